The Balaban J connectivity index is 0.950. The van der Waals surface area contributed by atoms with Crippen molar-refractivity contribution in [2.45, 2.75) is 55.4 Å². The quantitative estimate of drug-likeness (QED) is 0.207. The molecule has 4 aliphatic carbocycles. The van der Waals surface area contributed by atoms with E-state index in [0.29, 0.717) is 12.0 Å². The van der Waals surface area contributed by atoms with E-state index in [2.05, 4.69) is 185 Å². The molecule has 8 unspecified atom stereocenters. The molecule has 8 atom stereocenters. The summed E-state index contributed by atoms with van der Waals surface area (Å²) in [6.07, 6.45) is 31.5. The minimum Gasteiger partial charge on any atom is -0.357 e. The Bertz CT molecular complexity index is 2430. The lowest BCUT2D eigenvalue weighted by atomic mass is 9.76. The highest BCUT2D eigenvalue weighted by molar-refractivity contribution is 5.79. The van der Waals surface area contributed by atoms with Crippen LogP contribution >= 0.6 is 0 Å². The van der Waals surface area contributed by atoms with Gasteiger partial charge in [0.25, 0.3) is 0 Å². The second kappa shape index (κ2) is 13.7. The van der Waals surface area contributed by atoms with E-state index in [4.69, 9.17) is 0 Å². The molecule has 0 fully saturated rings. The summed E-state index contributed by atoms with van der Waals surface area (Å²) >= 11 is 0. The Morgan fingerprint density at radius 3 is 2.12 bits per heavy atom. The van der Waals surface area contributed by atoms with Crippen LogP contribution < -0.4 is 14.7 Å². The largest absolute Gasteiger partial charge is 0.357 e. The van der Waals surface area contributed by atoms with Crippen molar-refractivity contribution in [1.29, 1.82) is 0 Å². The molecule has 3 aliphatic heterocycles. The van der Waals surface area contributed by atoms with E-state index in [1.807, 2.05) is 12.1 Å². The van der Waals surface area contributed by atoms with E-state index in [-0.39, 0.29) is 29.8 Å². The van der Waals surface area contributed by atoms with E-state index < -0.39 is 6.17 Å². The van der Waals surface area contributed by atoms with Crippen LogP contribution in [0.3, 0.4) is 0 Å². The first-order chi connectivity index (χ1) is 27.7. The predicted molar refractivity (Wildman–Crippen MR) is 229 cm³/mol. The fourth-order valence-corrected chi connectivity index (χ4v) is 10.9. The van der Waals surface area contributed by atoms with Gasteiger partial charge in [0.15, 0.2) is 0 Å². The third-order valence-electron chi connectivity index (χ3n) is 13.3. The van der Waals surface area contributed by atoms with E-state index in [0.717, 1.165) is 48.4 Å². The highest BCUT2D eigenvalue weighted by Crippen LogP contribution is 2.54. The number of alkyl halides is 1. The molecule has 0 radical (unpaired) electrons. The van der Waals surface area contributed by atoms with Gasteiger partial charge in [-0.3, -0.25) is 0 Å². The molecule has 276 valence electrons. The second-order valence-electron chi connectivity index (χ2n) is 16.3. The Morgan fingerprint density at radius 2 is 1.30 bits per heavy atom. The number of fused-ring (bicyclic) bond motifs is 8. The molecular weight excluding hydrogens is 686 g/mol. The summed E-state index contributed by atoms with van der Waals surface area (Å²) in [7, 11) is 0. The van der Waals surface area contributed by atoms with Crippen molar-refractivity contribution in [2.75, 3.05) is 21.2 Å². The van der Waals surface area contributed by atoms with Crippen molar-refractivity contribution in [3.05, 3.63) is 216 Å². The molecule has 0 aromatic heterocycles. The van der Waals surface area contributed by atoms with Crippen molar-refractivity contribution in [1.82, 2.24) is 0 Å². The fourth-order valence-electron chi connectivity index (χ4n) is 10.9. The van der Waals surface area contributed by atoms with Crippen molar-refractivity contribution in [2.24, 2.45) is 11.8 Å². The zero-order valence-corrected chi connectivity index (χ0v) is 31.5. The minimum atomic E-state index is -1.21. The number of benzene rings is 4. The topological polar surface area (TPSA) is 9.72 Å². The molecule has 4 heteroatoms. The van der Waals surface area contributed by atoms with Gasteiger partial charge < -0.3 is 14.7 Å². The van der Waals surface area contributed by atoms with Gasteiger partial charge >= 0.3 is 0 Å². The third-order valence-corrected chi connectivity index (χ3v) is 13.3. The highest BCUT2D eigenvalue weighted by Gasteiger charge is 2.47. The number of anilines is 3. The Labute approximate surface area is 330 Å². The lowest BCUT2D eigenvalue weighted by molar-refractivity contribution is 0.262. The zero-order valence-electron chi connectivity index (χ0n) is 31.5. The van der Waals surface area contributed by atoms with Crippen LogP contribution in [0.5, 0.6) is 0 Å². The molecule has 0 saturated heterocycles. The van der Waals surface area contributed by atoms with Crippen LogP contribution in [0.4, 0.5) is 21.5 Å². The first kappa shape index (κ1) is 33.5. The first-order valence-corrected chi connectivity index (χ1v) is 20.6. The monoisotopic (exact) mass is 731 g/mol. The highest BCUT2D eigenvalue weighted by atomic mass is 19.1. The molecule has 0 bridgehead atoms. The summed E-state index contributed by atoms with van der Waals surface area (Å²) in [4.78, 5) is 7.40. The van der Waals surface area contributed by atoms with E-state index in [9.17, 15) is 0 Å². The van der Waals surface area contributed by atoms with Gasteiger partial charge in [-0.2, -0.15) is 0 Å². The van der Waals surface area contributed by atoms with E-state index in [1.165, 1.54) is 33.6 Å². The van der Waals surface area contributed by atoms with Gasteiger partial charge in [0.2, 0.25) is 0 Å². The van der Waals surface area contributed by atoms with Crippen molar-refractivity contribution >= 4 is 22.6 Å². The van der Waals surface area contributed by atoms with Crippen LogP contribution in [0.2, 0.25) is 0 Å². The molecule has 4 aromatic carbocycles. The lowest BCUT2D eigenvalue weighted by Crippen LogP contribution is -2.41. The predicted octanol–water partition coefficient (Wildman–Crippen LogP) is 11.9. The lowest BCUT2D eigenvalue weighted by Gasteiger charge is -2.38. The number of hydrogen-bond acceptors (Lipinski definition) is 3. The van der Waals surface area contributed by atoms with Gasteiger partial charge in [-0.05, 0) is 71.9 Å². The average molecular weight is 732 g/mol. The molecule has 0 spiro atoms. The maximum Gasteiger partial charge on any atom is 0.148 e. The standard InChI is InChI=1S/C52H46FN3/c53-51-45-22-9-10-24-47(45)54(37-28-30-38(31-29-37)55-48-25-11-6-19-41(48)42-20-7-12-26-49(42)55)32-14-23-44-43-21-8-13-27-50(43)56(52(44)51)39-33-36-17-4-5-18-40(36)46(34-39)35-15-2-1-3-16-35/h1-13,15-22,24-30,33-34,36,38,40-41,44,48,51-52H,14,23,31-32H2. The van der Waals surface area contributed by atoms with Crippen LogP contribution in [0, 0.1) is 11.8 Å². The molecule has 3 heterocycles. The maximum absolute atomic E-state index is 18.2. The SMILES string of the molecule is FC1c2ccccc2N(C2=CCC(N3c4ccccc4C4C=CC=CC43)C=C2)CCCC2c3ccccc3N(C3=CC4C=CC=CC4C(c4ccccc4)=C3)C12. The van der Waals surface area contributed by atoms with Crippen molar-refractivity contribution < 1.29 is 4.39 Å². The van der Waals surface area contributed by atoms with Crippen molar-refractivity contribution in [3.8, 4) is 0 Å². The van der Waals surface area contributed by atoms with Gasteiger partial charge in [0, 0.05) is 64.2 Å². The van der Waals surface area contributed by atoms with Gasteiger partial charge in [0.1, 0.15) is 6.17 Å². The van der Waals surface area contributed by atoms with Crippen LogP contribution in [0.15, 0.2) is 194 Å². The van der Waals surface area contributed by atoms with Crippen LogP contribution in [0.1, 0.15) is 59.5 Å². The van der Waals surface area contributed by atoms with Gasteiger partial charge in [-0.25, -0.2) is 4.39 Å². The summed E-state index contributed by atoms with van der Waals surface area (Å²) in [6, 6.07) is 36.9. The number of halogens is 1. The number of rotatable bonds is 4. The second-order valence-corrected chi connectivity index (χ2v) is 16.3. The van der Waals surface area contributed by atoms with E-state index in [1.54, 1.807) is 0 Å². The van der Waals surface area contributed by atoms with Crippen LogP contribution in [-0.2, 0) is 0 Å². The molecule has 0 amide bonds. The van der Waals surface area contributed by atoms with Crippen LogP contribution in [0.25, 0.3) is 5.57 Å². The zero-order chi connectivity index (χ0) is 37.2. The Hall–Kier alpha value is -5.87. The molecule has 0 saturated carbocycles. The molecule has 7 aliphatic rings. The summed E-state index contributed by atoms with van der Waals surface area (Å²) in [5.74, 6) is 0.903. The first-order valence-electron chi connectivity index (χ1n) is 20.6. The Kier molecular flexibility index (Phi) is 8.19. The molecule has 11 rings (SSSR count). The average Bonchev–Trinajstić information content (AvgIpc) is 3.79. The number of para-hydroxylation sites is 3. The third kappa shape index (κ3) is 5.37. The summed E-state index contributed by atoms with van der Waals surface area (Å²) in [5, 5.41) is 0. The van der Waals surface area contributed by atoms with E-state index >= 15 is 4.39 Å². The Morgan fingerprint density at radius 1 is 0.607 bits per heavy atom. The summed E-state index contributed by atoms with van der Waals surface area (Å²) in [5.41, 5.74) is 11.7. The smallest absolute Gasteiger partial charge is 0.148 e. The number of hydrogen-bond donors (Lipinski definition) is 0. The number of nitrogens with zero attached hydrogens (tertiary/aromatic N) is 3. The molecule has 3 nitrogen and oxygen atoms in total. The van der Waals surface area contributed by atoms with Gasteiger partial charge in [-0.15, -0.1) is 0 Å². The number of allylic oxidation sites excluding steroid dienone is 10. The van der Waals surface area contributed by atoms with Crippen LogP contribution in [-0.4, -0.2) is 24.7 Å². The molecule has 4 aromatic rings. The van der Waals surface area contributed by atoms with Gasteiger partial charge in [-0.1, -0.05) is 152 Å². The minimum absolute atomic E-state index is 0.0595. The van der Waals surface area contributed by atoms with Crippen molar-refractivity contribution in [3.63, 3.8) is 0 Å². The fraction of sp³-hybridized carbons (Fsp3) is 0.231. The molecule has 56 heavy (non-hydrogen) atoms. The molecular formula is C52H46FN3. The normalized spacial score (nSPS) is 29.4. The van der Waals surface area contributed by atoms with Gasteiger partial charge in [0.05, 0.1) is 18.1 Å². The maximum atomic E-state index is 18.2. The molecule has 0 N–H and O–H groups in total. The summed E-state index contributed by atoms with van der Waals surface area (Å²) in [6.45, 7) is 0.836. The summed E-state index contributed by atoms with van der Waals surface area (Å²) < 4.78 is 18.2.